The molecular formula is C13H19N5O5. The summed E-state index contributed by atoms with van der Waals surface area (Å²) < 4.78 is 34.9. The molecule has 1 aliphatic heterocycles. The van der Waals surface area contributed by atoms with E-state index >= 15 is 0 Å². The van der Waals surface area contributed by atoms with E-state index in [1.165, 1.54) is 10.9 Å². The van der Waals surface area contributed by atoms with Crippen LogP contribution in [0.1, 0.15) is 23.7 Å². The zero-order valence-corrected chi connectivity index (χ0v) is 12.2. The summed E-state index contributed by atoms with van der Waals surface area (Å²) >= 11 is 0. The smallest absolute Gasteiger partial charge is 0.247 e. The lowest BCUT2D eigenvalue weighted by molar-refractivity contribution is -0.0432. The van der Waals surface area contributed by atoms with Gasteiger partial charge in [-0.1, -0.05) is 0 Å². The summed E-state index contributed by atoms with van der Waals surface area (Å²) in [6, 6.07) is 0. The van der Waals surface area contributed by atoms with Crippen LogP contribution in [0.5, 0.6) is 5.88 Å². The highest BCUT2D eigenvalue weighted by Crippen LogP contribution is 2.32. The Morgan fingerprint density at radius 1 is 1.65 bits per heavy atom. The Morgan fingerprint density at radius 3 is 3.09 bits per heavy atom. The fourth-order valence-electron chi connectivity index (χ4n) is 2.36. The molecule has 0 aliphatic carbocycles. The molecule has 3 heterocycles. The average molecular weight is 328 g/mol. The van der Waals surface area contributed by atoms with E-state index in [2.05, 4.69) is 15.0 Å². The molecule has 23 heavy (non-hydrogen) atoms. The average Bonchev–Trinajstić information content (AvgIpc) is 3.08. The quantitative estimate of drug-likeness (QED) is 0.531. The van der Waals surface area contributed by atoms with Crippen LogP contribution in [0.2, 0.25) is 0 Å². The van der Waals surface area contributed by atoms with Crippen molar-refractivity contribution in [2.75, 3.05) is 18.9 Å². The lowest BCUT2D eigenvalue weighted by Gasteiger charge is -2.14. The Labute approximate surface area is 135 Å². The maximum Gasteiger partial charge on any atom is 0.247 e. The number of fused-ring (bicyclic) bond motifs is 1. The summed E-state index contributed by atoms with van der Waals surface area (Å²) in [4.78, 5) is 11.9. The molecule has 2 unspecified atom stereocenters. The number of imidazole rings is 1. The monoisotopic (exact) mass is 328 g/mol. The fourth-order valence-corrected chi connectivity index (χ4v) is 2.36. The molecule has 0 radical (unpaired) electrons. The van der Waals surface area contributed by atoms with Gasteiger partial charge in [-0.3, -0.25) is 4.57 Å². The molecule has 0 amide bonds. The van der Waals surface area contributed by atoms with Gasteiger partial charge >= 0.3 is 0 Å². The Balaban J connectivity index is 2.00. The predicted molar refractivity (Wildman–Crippen MR) is 78.5 cm³/mol. The number of nitrogens with zero attached hydrogens (tertiary/aromatic N) is 4. The molecule has 1 aliphatic rings. The van der Waals surface area contributed by atoms with Crippen LogP contribution < -0.4 is 10.5 Å². The van der Waals surface area contributed by atoms with Gasteiger partial charge in [0.15, 0.2) is 11.2 Å². The second-order valence-corrected chi connectivity index (χ2v) is 5.12. The molecule has 0 spiro atoms. The van der Waals surface area contributed by atoms with E-state index in [0.29, 0.717) is 0 Å². The summed E-state index contributed by atoms with van der Waals surface area (Å²) in [5, 5.41) is 28.7. The lowest BCUT2D eigenvalue weighted by atomic mass is 10.2. The van der Waals surface area contributed by atoms with Crippen molar-refractivity contribution in [2.45, 2.75) is 37.9 Å². The maximum absolute atomic E-state index is 9.88. The van der Waals surface area contributed by atoms with Crippen molar-refractivity contribution in [3.8, 4) is 5.88 Å². The summed E-state index contributed by atoms with van der Waals surface area (Å²) in [7, 11) is 0. The minimum absolute atomic E-state index is 0.0397. The molecule has 2 aromatic heterocycles. The molecule has 4 atom stereocenters. The van der Waals surface area contributed by atoms with E-state index in [1.807, 2.05) is 0 Å². The van der Waals surface area contributed by atoms with Crippen molar-refractivity contribution in [3.05, 3.63) is 6.33 Å². The van der Waals surface area contributed by atoms with Gasteiger partial charge in [-0.2, -0.15) is 9.97 Å². The molecule has 5 N–H and O–H groups in total. The van der Waals surface area contributed by atoms with Gasteiger partial charge in [-0.25, -0.2) is 4.98 Å². The van der Waals surface area contributed by atoms with Crippen LogP contribution in [0.4, 0.5) is 5.95 Å². The zero-order chi connectivity index (χ0) is 19.3. The van der Waals surface area contributed by atoms with Crippen LogP contribution in [-0.4, -0.2) is 66.3 Å². The summed E-state index contributed by atoms with van der Waals surface area (Å²) in [6.45, 7) is -2.22. The summed E-state index contributed by atoms with van der Waals surface area (Å²) in [6.07, 6.45) is -3.35. The van der Waals surface area contributed by atoms with Crippen LogP contribution in [0.15, 0.2) is 6.33 Å². The van der Waals surface area contributed by atoms with Crippen LogP contribution in [0, 0.1) is 0 Å². The van der Waals surface area contributed by atoms with Crippen molar-refractivity contribution in [2.24, 2.45) is 0 Å². The Bertz CT molecular complexity index is 811. The Hall–Kier alpha value is -2.01. The van der Waals surface area contributed by atoms with Crippen molar-refractivity contribution >= 4 is 17.1 Å². The Morgan fingerprint density at radius 2 is 2.43 bits per heavy atom. The van der Waals surface area contributed by atoms with Gasteiger partial charge in [0.05, 0.1) is 29.2 Å². The van der Waals surface area contributed by atoms with Gasteiger partial charge in [-0.05, 0) is 6.92 Å². The van der Waals surface area contributed by atoms with Crippen molar-refractivity contribution in [1.82, 2.24) is 19.5 Å². The number of anilines is 1. The summed E-state index contributed by atoms with van der Waals surface area (Å²) in [5.74, 6) is -0.590. The minimum atomic E-state index is -2.80. The van der Waals surface area contributed by atoms with E-state index in [0.717, 1.165) is 6.92 Å². The van der Waals surface area contributed by atoms with Crippen molar-refractivity contribution in [3.63, 3.8) is 0 Å². The first-order chi connectivity index (χ1) is 12.0. The third-order valence-corrected chi connectivity index (χ3v) is 3.40. The number of hydrogen-bond acceptors (Lipinski definition) is 9. The molecule has 10 nitrogen and oxygen atoms in total. The molecule has 126 valence electrons. The van der Waals surface area contributed by atoms with Gasteiger partial charge < -0.3 is 30.5 Å². The Kier molecular flexibility index (Phi) is 3.37. The minimum Gasteiger partial charge on any atom is -0.473 e. The van der Waals surface area contributed by atoms with Gasteiger partial charge in [-0.15, -0.1) is 0 Å². The maximum atomic E-state index is 9.88. The molecule has 3 rings (SSSR count). The van der Waals surface area contributed by atoms with E-state index < -0.39 is 31.1 Å². The third kappa shape index (κ3) is 3.06. The first-order valence-electron chi connectivity index (χ1n) is 8.39. The molecular weight excluding hydrogens is 306 g/mol. The van der Waals surface area contributed by atoms with Crippen LogP contribution in [-0.2, 0) is 4.74 Å². The second-order valence-electron chi connectivity index (χ2n) is 5.12. The fraction of sp³-hybridized carbons (Fsp3) is 0.615. The highest BCUT2D eigenvalue weighted by atomic mass is 16.5. The van der Waals surface area contributed by atoms with E-state index in [-0.39, 0.29) is 36.0 Å². The first-order valence-corrected chi connectivity index (χ1v) is 6.89. The predicted octanol–water partition coefficient (Wildman–Crippen LogP) is -1.19. The molecule has 10 heteroatoms. The molecule has 0 bridgehead atoms. The highest BCUT2D eigenvalue weighted by Gasteiger charge is 2.35. The molecule has 1 saturated heterocycles. The number of aromatic nitrogens is 4. The summed E-state index contributed by atoms with van der Waals surface area (Å²) in [5.41, 5.74) is 5.85. The normalized spacial score (nSPS) is 29.7. The van der Waals surface area contributed by atoms with Gasteiger partial charge in [0, 0.05) is 6.42 Å². The van der Waals surface area contributed by atoms with Crippen LogP contribution in [0.3, 0.4) is 0 Å². The molecule has 0 saturated carbocycles. The largest absolute Gasteiger partial charge is 0.473 e. The topological polar surface area (TPSA) is 149 Å². The van der Waals surface area contributed by atoms with Crippen molar-refractivity contribution < 1.29 is 28.9 Å². The lowest BCUT2D eigenvalue weighted by Crippen LogP contribution is -2.24. The van der Waals surface area contributed by atoms with Crippen LogP contribution >= 0.6 is 0 Å². The third-order valence-electron chi connectivity index (χ3n) is 3.40. The second kappa shape index (κ2) is 6.24. The zero-order valence-electron chi connectivity index (χ0n) is 15.2. The number of nitrogen functional groups attached to an aromatic ring is 1. The van der Waals surface area contributed by atoms with E-state index in [1.54, 1.807) is 0 Å². The SMILES string of the molecule is [2H]C(C)(O)C([2H])([2H])Oc1nc(N)nc2c1ncn2[C@H]1CC(O)[C@H](CO)O1. The van der Waals surface area contributed by atoms with Gasteiger partial charge in [0.25, 0.3) is 0 Å². The van der Waals surface area contributed by atoms with E-state index in [4.69, 9.17) is 19.3 Å². The van der Waals surface area contributed by atoms with Gasteiger partial charge in [0.2, 0.25) is 11.8 Å². The number of aliphatic hydroxyl groups excluding tert-OH is 2. The van der Waals surface area contributed by atoms with E-state index in [9.17, 15) is 15.3 Å². The first kappa shape index (κ1) is 12.4. The number of ether oxygens (including phenoxy) is 2. The molecule has 2 aromatic rings. The number of aliphatic hydroxyl groups is 3. The van der Waals surface area contributed by atoms with Crippen molar-refractivity contribution in [1.29, 1.82) is 0 Å². The van der Waals surface area contributed by atoms with Crippen LogP contribution in [0.25, 0.3) is 11.2 Å². The van der Waals surface area contributed by atoms with Gasteiger partial charge in [0.1, 0.15) is 18.9 Å². The molecule has 1 fully saturated rings. The number of rotatable bonds is 5. The number of hydrogen-bond donors (Lipinski definition) is 4. The highest BCUT2D eigenvalue weighted by molar-refractivity contribution is 5.77. The standard InChI is InChI=1S/C13H19N5O5/c1-6(20)4-22-12-10-11(16-13(14)17-12)18(5-15-10)9-2-7(21)8(3-19)23-9/h5-9,19-21H,2-4H2,1H3,(H2,14,16,17)/t6?,7?,8-,9+/m0/s1/i4D2,6D. The number of nitrogens with two attached hydrogens (primary N) is 1. The molecule has 0 aromatic carbocycles.